The van der Waals surface area contributed by atoms with E-state index in [1.54, 1.807) is 19.1 Å². The highest BCUT2D eigenvalue weighted by molar-refractivity contribution is 8.13. The third kappa shape index (κ3) is 6.11. The van der Waals surface area contributed by atoms with E-state index < -0.39 is 19.1 Å². The lowest BCUT2D eigenvalue weighted by atomic mass is 10.2. The van der Waals surface area contributed by atoms with Crippen molar-refractivity contribution in [2.24, 2.45) is 0 Å². The van der Waals surface area contributed by atoms with Gasteiger partial charge in [-0.05, 0) is 24.3 Å². The van der Waals surface area contributed by atoms with E-state index in [-0.39, 0.29) is 20.1 Å². The van der Waals surface area contributed by atoms with E-state index in [1.165, 1.54) is 48.0 Å². The SMILES string of the molecule is CCN(C)S(=O)(=O)c1ccc2c(Cl)cnc(Cl)c2c1.O=S(=O)(Cl)c1ccc2c(Cl)cnc(Cl)c2c1. The van der Waals surface area contributed by atoms with Crippen molar-refractivity contribution < 1.29 is 16.8 Å². The minimum Gasteiger partial charge on any atom is -0.242 e. The number of fused-ring (bicyclic) bond motifs is 2. The number of hydrogen-bond donors (Lipinski definition) is 0. The molecule has 0 saturated carbocycles. The van der Waals surface area contributed by atoms with Crippen LogP contribution in [0.25, 0.3) is 21.5 Å². The van der Waals surface area contributed by atoms with Gasteiger partial charge in [0.2, 0.25) is 10.0 Å². The molecule has 2 aromatic carbocycles. The van der Waals surface area contributed by atoms with Gasteiger partial charge in [-0.15, -0.1) is 0 Å². The fourth-order valence-electron chi connectivity index (χ4n) is 2.97. The molecule has 0 aliphatic rings. The van der Waals surface area contributed by atoms with Gasteiger partial charge in [0.1, 0.15) is 10.3 Å². The Morgan fingerprint density at radius 1 is 0.743 bits per heavy atom. The van der Waals surface area contributed by atoms with Crippen LogP contribution >= 0.6 is 57.1 Å². The summed E-state index contributed by atoms with van der Waals surface area (Å²) in [5.74, 6) is 0. The minimum atomic E-state index is -3.78. The number of benzene rings is 2. The van der Waals surface area contributed by atoms with E-state index in [2.05, 4.69) is 9.97 Å². The topological polar surface area (TPSA) is 97.3 Å². The Hall–Kier alpha value is -1.43. The third-order valence-corrected chi connectivity index (χ3v) is 9.44. The molecule has 4 aromatic rings. The van der Waals surface area contributed by atoms with Crippen LogP contribution in [0.4, 0.5) is 0 Å². The highest BCUT2D eigenvalue weighted by Gasteiger charge is 2.20. The van der Waals surface area contributed by atoms with Gasteiger partial charge in [0, 0.05) is 58.2 Å². The average molecular weight is 616 g/mol. The lowest BCUT2D eigenvalue weighted by Gasteiger charge is -2.15. The molecule has 0 radical (unpaired) electrons. The summed E-state index contributed by atoms with van der Waals surface area (Å²) < 4.78 is 48.0. The molecule has 0 spiro atoms. The zero-order valence-electron chi connectivity index (χ0n) is 18.0. The second-order valence-electron chi connectivity index (χ2n) is 7.07. The van der Waals surface area contributed by atoms with Crippen LogP contribution in [0.2, 0.25) is 20.4 Å². The number of hydrogen-bond acceptors (Lipinski definition) is 6. The van der Waals surface area contributed by atoms with Crippen molar-refractivity contribution in [1.82, 2.24) is 14.3 Å². The van der Waals surface area contributed by atoms with Crippen molar-refractivity contribution in [3.63, 3.8) is 0 Å². The normalized spacial score (nSPS) is 12.1. The summed E-state index contributed by atoms with van der Waals surface area (Å²) >= 11 is 23.7. The molecule has 14 heteroatoms. The number of nitrogens with zero attached hydrogens (tertiary/aromatic N) is 3. The lowest BCUT2D eigenvalue weighted by molar-refractivity contribution is 0.486. The Morgan fingerprint density at radius 3 is 1.60 bits per heavy atom. The van der Waals surface area contributed by atoms with Gasteiger partial charge in [-0.25, -0.2) is 31.1 Å². The first kappa shape index (κ1) is 28.1. The predicted octanol–water partition coefficient (Wildman–Crippen LogP) is 6.65. The predicted molar refractivity (Wildman–Crippen MR) is 142 cm³/mol. The molecule has 0 bridgehead atoms. The van der Waals surface area contributed by atoms with E-state index in [9.17, 15) is 16.8 Å². The van der Waals surface area contributed by atoms with Crippen molar-refractivity contribution in [1.29, 1.82) is 0 Å². The largest absolute Gasteiger partial charge is 0.261 e. The quantitative estimate of drug-likeness (QED) is 0.188. The molecular weight excluding hydrogens is 600 g/mol. The van der Waals surface area contributed by atoms with Crippen molar-refractivity contribution in [3.05, 3.63) is 69.1 Å². The zero-order valence-corrected chi connectivity index (χ0v) is 23.4. The summed E-state index contributed by atoms with van der Waals surface area (Å²) in [5, 5.41) is 3.54. The Balaban J connectivity index is 0.000000198. The number of rotatable bonds is 4. The molecule has 0 unspecified atom stereocenters. The highest BCUT2D eigenvalue weighted by atomic mass is 35.7. The van der Waals surface area contributed by atoms with Gasteiger partial charge in [-0.2, -0.15) is 0 Å². The monoisotopic (exact) mass is 613 g/mol. The molecule has 0 atom stereocenters. The first-order valence-electron chi connectivity index (χ1n) is 9.66. The summed E-state index contributed by atoms with van der Waals surface area (Å²) in [6, 6.07) is 8.91. The fraction of sp³-hybridized carbons (Fsp3) is 0.143. The molecule has 7 nitrogen and oxygen atoms in total. The second kappa shape index (κ2) is 10.9. The van der Waals surface area contributed by atoms with Crippen molar-refractivity contribution in [2.75, 3.05) is 13.6 Å². The van der Waals surface area contributed by atoms with Crippen LogP contribution in [0.15, 0.2) is 58.6 Å². The van der Waals surface area contributed by atoms with Crippen LogP contribution in [0.5, 0.6) is 0 Å². The summed E-state index contributed by atoms with van der Waals surface area (Å²) in [5.41, 5.74) is 0. The number of aromatic nitrogens is 2. The molecule has 0 aliphatic heterocycles. The van der Waals surface area contributed by atoms with Gasteiger partial charge in [0.25, 0.3) is 9.05 Å². The number of sulfonamides is 1. The summed E-state index contributed by atoms with van der Waals surface area (Å²) in [7, 11) is -0.535. The van der Waals surface area contributed by atoms with Gasteiger partial charge in [0.15, 0.2) is 0 Å². The molecule has 0 aliphatic carbocycles. The molecule has 35 heavy (non-hydrogen) atoms. The molecule has 0 saturated heterocycles. The molecule has 186 valence electrons. The van der Waals surface area contributed by atoms with Crippen LogP contribution in [-0.4, -0.2) is 44.7 Å². The maximum Gasteiger partial charge on any atom is 0.261 e. The van der Waals surface area contributed by atoms with Crippen molar-refractivity contribution >= 4 is 97.7 Å². The van der Waals surface area contributed by atoms with E-state index in [0.717, 1.165) is 0 Å². The first-order chi connectivity index (χ1) is 16.3. The number of pyridine rings is 2. The van der Waals surface area contributed by atoms with Crippen LogP contribution in [0.1, 0.15) is 6.92 Å². The van der Waals surface area contributed by atoms with Gasteiger partial charge >= 0.3 is 0 Å². The van der Waals surface area contributed by atoms with E-state index >= 15 is 0 Å². The van der Waals surface area contributed by atoms with E-state index in [1.807, 2.05) is 0 Å². The van der Waals surface area contributed by atoms with Gasteiger partial charge in [-0.3, -0.25) is 0 Å². The zero-order chi connectivity index (χ0) is 26.1. The molecule has 0 fully saturated rings. The van der Waals surface area contributed by atoms with Crippen molar-refractivity contribution in [2.45, 2.75) is 16.7 Å². The van der Waals surface area contributed by atoms with E-state index in [4.69, 9.17) is 57.1 Å². The van der Waals surface area contributed by atoms with Crippen LogP contribution in [0.3, 0.4) is 0 Å². The molecular formula is C21H16Cl5N3O4S2. The molecule has 0 N–H and O–H groups in total. The third-order valence-electron chi connectivity index (χ3n) is 4.96. The highest BCUT2D eigenvalue weighted by Crippen LogP contribution is 2.31. The minimum absolute atomic E-state index is 0.0346. The maximum absolute atomic E-state index is 12.2. The van der Waals surface area contributed by atoms with Crippen LogP contribution in [-0.2, 0) is 19.1 Å². The Morgan fingerprint density at radius 2 is 1.17 bits per heavy atom. The maximum atomic E-state index is 12.2. The van der Waals surface area contributed by atoms with Gasteiger partial charge in [-0.1, -0.05) is 65.5 Å². The Bertz CT molecular complexity index is 1650. The summed E-state index contributed by atoms with van der Waals surface area (Å²) in [4.78, 5) is 7.89. The van der Waals surface area contributed by atoms with Crippen molar-refractivity contribution in [3.8, 4) is 0 Å². The standard InChI is InChI=1S/C12H12Cl2N2O2S.C9H4Cl3NO2S/c1-3-16(2)19(17,18)8-4-5-9-10(6-8)12(14)15-7-11(9)13;10-8-4-13-9(11)7-3-5(16(12,14)15)1-2-6(7)8/h4-7H,3H2,1-2H3;1-4H. The summed E-state index contributed by atoms with van der Waals surface area (Å²) in [6.07, 6.45) is 2.85. The molecule has 2 aromatic heterocycles. The fourth-order valence-corrected chi connectivity index (χ4v) is 5.79. The van der Waals surface area contributed by atoms with Crippen LogP contribution < -0.4 is 0 Å². The number of halogens is 5. The van der Waals surface area contributed by atoms with E-state index in [0.29, 0.717) is 38.1 Å². The van der Waals surface area contributed by atoms with Gasteiger partial charge in [0.05, 0.1) is 19.8 Å². The molecule has 4 rings (SSSR count). The Labute approximate surface area is 227 Å². The smallest absolute Gasteiger partial charge is 0.242 e. The molecule has 0 amide bonds. The second-order valence-corrected chi connectivity index (χ2v) is 13.2. The van der Waals surface area contributed by atoms with Crippen LogP contribution in [0, 0.1) is 0 Å². The molecule has 2 heterocycles. The first-order valence-corrected chi connectivity index (χ1v) is 14.9. The average Bonchev–Trinajstić information content (AvgIpc) is 2.82. The Kier molecular flexibility index (Phi) is 8.77. The lowest BCUT2D eigenvalue weighted by Crippen LogP contribution is -2.26. The van der Waals surface area contributed by atoms with Gasteiger partial charge < -0.3 is 0 Å². The summed E-state index contributed by atoms with van der Waals surface area (Å²) in [6.45, 7) is 2.16.